The molecular formula is C23H39IN4O. The highest BCUT2D eigenvalue weighted by Crippen LogP contribution is 2.36. The van der Waals surface area contributed by atoms with Crippen molar-refractivity contribution >= 4 is 29.9 Å². The molecule has 164 valence electrons. The van der Waals surface area contributed by atoms with Gasteiger partial charge in [0, 0.05) is 31.2 Å². The molecule has 0 aromatic heterocycles. The summed E-state index contributed by atoms with van der Waals surface area (Å²) in [6.45, 7) is 8.50. The molecule has 5 nitrogen and oxygen atoms in total. The number of nitrogens with one attached hydrogen (secondary N) is 2. The van der Waals surface area contributed by atoms with Gasteiger partial charge in [-0.1, -0.05) is 44.2 Å². The molecule has 2 fully saturated rings. The molecule has 0 amide bonds. The van der Waals surface area contributed by atoms with Crippen LogP contribution in [0.15, 0.2) is 35.3 Å². The number of guanidine groups is 1. The zero-order chi connectivity index (χ0) is 20.0. The number of halogens is 1. The van der Waals surface area contributed by atoms with Crippen LogP contribution in [0.4, 0.5) is 0 Å². The summed E-state index contributed by atoms with van der Waals surface area (Å²) in [5, 5.41) is 17.6. The van der Waals surface area contributed by atoms with Crippen molar-refractivity contribution in [1.29, 1.82) is 0 Å². The molecule has 6 heteroatoms. The van der Waals surface area contributed by atoms with E-state index in [0.29, 0.717) is 24.7 Å². The van der Waals surface area contributed by atoms with E-state index in [1.807, 2.05) is 13.8 Å². The second kappa shape index (κ2) is 11.5. The number of nitrogens with zero attached hydrogens (tertiary/aromatic N) is 2. The second-order valence-corrected chi connectivity index (χ2v) is 8.48. The van der Waals surface area contributed by atoms with Gasteiger partial charge in [-0.25, -0.2) is 0 Å². The molecule has 1 aromatic carbocycles. The Morgan fingerprint density at radius 1 is 1.10 bits per heavy atom. The molecule has 2 saturated heterocycles. The third kappa shape index (κ3) is 6.56. The minimum Gasteiger partial charge on any atom is -0.388 e. The molecule has 0 spiro atoms. The molecule has 2 aliphatic rings. The fourth-order valence-corrected chi connectivity index (χ4v) is 4.66. The second-order valence-electron chi connectivity index (χ2n) is 8.48. The van der Waals surface area contributed by atoms with Gasteiger partial charge in [-0.2, -0.15) is 0 Å². The van der Waals surface area contributed by atoms with Crippen LogP contribution in [0.5, 0.6) is 0 Å². The Balaban J connectivity index is 0.00000300. The molecule has 2 unspecified atom stereocenters. The number of aliphatic imine (C=N–C) groups is 1. The summed E-state index contributed by atoms with van der Waals surface area (Å²) < 4.78 is 0. The van der Waals surface area contributed by atoms with Gasteiger partial charge in [0.1, 0.15) is 0 Å². The van der Waals surface area contributed by atoms with Crippen molar-refractivity contribution in [3.63, 3.8) is 0 Å². The summed E-state index contributed by atoms with van der Waals surface area (Å²) in [7, 11) is 0. The lowest BCUT2D eigenvalue weighted by atomic mass is 9.96. The zero-order valence-electron chi connectivity index (χ0n) is 18.2. The predicted octanol–water partition coefficient (Wildman–Crippen LogP) is 3.91. The van der Waals surface area contributed by atoms with Crippen LogP contribution in [0, 0.1) is 0 Å². The summed E-state index contributed by atoms with van der Waals surface area (Å²) in [5.41, 5.74) is 0.722. The zero-order valence-corrected chi connectivity index (χ0v) is 20.6. The van der Waals surface area contributed by atoms with Gasteiger partial charge in [-0.15, -0.1) is 24.0 Å². The van der Waals surface area contributed by atoms with Crippen LogP contribution in [0.3, 0.4) is 0 Å². The van der Waals surface area contributed by atoms with E-state index in [4.69, 9.17) is 4.99 Å². The Morgan fingerprint density at radius 2 is 1.72 bits per heavy atom. The number of fused-ring (bicyclic) bond motifs is 2. The fourth-order valence-electron chi connectivity index (χ4n) is 4.66. The Bertz CT molecular complexity index is 621. The van der Waals surface area contributed by atoms with Crippen molar-refractivity contribution in [2.45, 2.75) is 89.6 Å². The maximum absolute atomic E-state index is 10.6. The first-order chi connectivity index (χ1) is 13.6. The number of aliphatic hydroxyl groups is 1. The molecule has 3 rings (SSSR count). The van der Waals surface area contributed by atoms with E-state index in [1.54, 1.807) is 0 Å². The van der Waals surface area contributed by atoms with Gasteiger partial charge in [0.2, 0.25) is 0 Å². The molecular weight excluding hydrogens is 475 g/mol. The van der Waals surface area contributed by atoms with Gasteiger partial charge in [-0.3, -0.25) is 9.89 Å². The van der Waals surface area contributed by atoms with E-state index in [0.717, 1.165) is 31.9 Å². The number of benzene rings is 1. The average molecular weight is 514 g/mol. The quantitative estimate of drug-likeness (QED) is 0.280. The molecule has 2 heterocycles. The Hall–Kier alpha value is -0.860. The average Bonchev–Trinajstić information content (AvgIpc) is 2.95. The fraction of sp³-hybridized carbons (Fsp3) is 0.696. The number of hydrogen-bond donors (Lipinski definition) is 3. The van der Waals surface area contributed by atoms with E-state index in [9.17, 15) is 5.11 Å². The maximum atomic E-state index is 10.6. The lowest BCUT2D eigenvalue weighted by Crippen LogP contribution is -2.52. The highest BCUT2D eigenvalue weighted by Gasteiger charge is 2.40. The number of hydrogen-bond acceptors (Lipinski definition) is 3. The minimum atomic E-state index is -0.694. The van der Waals surface area contributed by atoms with Crippen LogP contribution in [-0.2, 0) is 6.54 Å². The maximum Gasteiger partial charge on any atom is 0.191 e. The Labute approximate surface area is 193 Å². The number of piperidine rings is 1. The SMILES string of the molecule is CCNC(=NCC(O)(CC)CC)NC1CC2CCC(C1)N2Cc1ccccc1.I. The standard InChI is InChI=1S/C23H38N4O.HI/c1-4-23(28,5-2)17-25-22(24-6-3)26-19-14-20-12-13-21(15-19)27(20)16-18-10-8-7-9-11-18;/h7-11,19-21,28H,4-6,12-17H2,1-3H3,(H2,24,25,26);1H. The summed E-state index contributed by atoms with van der Waals surface area (Å²) in [4.78, 5) is 7.42. The Kier molecular flexibility index (Phi) is 9.69. The van der Waals surface area contributed by atoms with Crippen LogP contribution >= 0.6 is 24.0 Å². The van der Waals surface area contributed by atoms with Crippen LogP contribution in [0.1, 0.15) is 64.9 Å². The molecule has 0 aliphatic carbocycles. The molecule has 1 aromatic rings. The highest BCUT2D eigenvalue weighted by atomic mass is 127. The van der Waals surface area contributed by atoms with Crippen molar-refractivity contribution < 1.29 is 5.11 Å². The first kappa shape index (κ1) is 24.4. The van der Waals surface area contributed by atoms with Crippen LogP contribution in [0.2, 0.25) is 0 Å². The molecule has 29 heavy (non-hydrogen) atoms. The normalized spacial score (nSPS) is 24.8. The van der Waals surface area contributed by atoms with Crippen molar-refractivity contribution in [3.05, 3.63) is 35.9 Å². The molecule has 2 atom stereocenters. The van der Waals surface area contributed by atoms with E-state index in [-0.39, 0.29) is 24.0 Å². The Morgan fingerprint density at radius 3 is 2.28 bits per heavy atom. The van der Waals surface area contributed by atoms with Crippen molar-refractivity contribution in [2.24, 2.45) is 4.99 Å². The molecule has 3 N–H and O–H groups in total. The van der Waals surface area contributed by atoms with Gasteiger partial charge < -0.3 is 15.7 Å². The molecule has 0 radical (unpaired) electrons. The first-order valence-electron chi connectivity index (χ1n) is 11.1. The topological polar surface area (TPSA) is 59.9 Å². The lowest BCUT2D eigenvalue weighted by Gasteiger charge is -2.39. The summed E-state index contributed by atoms with van der Waals surface area (Å²) >= 11 is 0. The monoisotopic (exact) mass is 514 g/mol. The predicted molar refractivity (Wildman–Crippen MR) is 132 cm³/mol. The van der Waals surface area contributed by atoms with Gasteiger partial charge in [0.05, 0.1) is 12.1 Å². The summed E-state index contributed by atoms with van der Waals surface area (Å²) in [6.07, 6.45) is 6.39. The third-order valence-electron chi connectivity index (χ3n) is 6.63. The van der Waals surface area contributed by atoms with Crippen molar-refractivity contribution in [2.75, 3.05) is 13.1 Å². The third-order valence-corrected chi connectivity index (χ3v) is 6.63. The van der Waals surface area contributed by atoms with Crippen molar-refractivity contribution in [1.82, 2.24) is 15.5 Å². The van der Waals surface area contributed by atoms with Crippen LogP contribution in [-0.4, -0.2) is 52.8 Å². The van der Waals surface area contributed by atoms with Crippen LogP contribution < -0.4 is 10.6 Å². The van der Waals surface area contributed by atoms with Gasteiger partial charge in [0.15, 0.2) is 5.96 Å². The molecule has 2 bridgehead atoms. The van der Waals surface area contributed by atoms with Crippen LogP contribution in [0.25, 0.3) is 0 Å². The summed E-state index contributed by atoms with van der Waals surface area (Å²) in [6, 6.07) is 12.6. The first-order valence-corrected chi connectivity index (χ1v) is 11.1. The molecule has 0 saturated carbocycles. The van der Waals surface area contributed by atoms with E-state index in [2.05, 4.69) is 52.8 Å². The molecule has 2 aliphatic heterocycles. The van der Waals surface area contributed by atoms with Gasteiger partial charge in [0.25, 0.3) is 0 Å². The smallest absolute Gasteiger partial charge is 0.191 e. The largest absolute Gasteiger partial charge is 0.388 e. The van der Waals surface area contributed by atoms with Gasteiger partial charge >= 0.3 is 0 Å². The lowest BCUT2D eigenvalue weighted by molar-refractivity contribution is 0.0417. The number of rotatable bonds is 8. The van der Waals surface area contributed by atoms with E-state index >= 15 is 0 Å². The minimum absolute atomic E-state index is 0. The highest BCUT2D eigenvalue weighted by molar-refractivity contribution is 14.0. The summed E-state index contributed by atoms with van der Waals surface area (Å²) in [5.74, 6) is 0.851. The van der Waals surface area contributed by atoms with E-state index in [1.165, 1.54) is 31.2 Å². The van der Waals surface area contributed by atoms with E-state index < -0.39 is 5.60 Å². The van der Waals surface area contributed by atoms with Gasteiger partial charge in [-0.05, 0) is 51.0 Å². The van der Waals surface area contributed by atoms with Crippen molar-refractivity contribution in [3.8, 4) is 0 Å².